The highest BCUT2D eigenvalue weighted by Crippen LogP contribution is 2.11. The van der Waals surface area contributed by atoms with Gasteiger partial charge in [-0.25, -0.2) is 4.98 Å². The summed E-state index contributed by atoms with van der Waals surface area (Å²) in [4.78, 5) is 3.96. The summed E-state index contributed by atoms with van der Waals surface area (Å²) in [5.74, 6) is 0.348. The molecular formula is C11H14N2O3. The highest BCUT2D eigenvalue weighted by molar-refractivity contribution is 5.36. The molecule has 1 aromatic rings. The Morgan fingerprint density at radius 2 is 2.12 bits per heavy atom. The van der Waals surface area contributed by atoms with Gasteiger partial charge in [0.25, 0.3) is 0 Å². The molecule has 0 aromatic carbocycles. The molecule has 86 valence electrons. The quantitative estimate of drug-likeness (QED) is 0.644. The summed E-state index contributed by atoms with van der Waals surface area (Å²) in [5.41, 5.74) is 0.430. The fraction of sp³-hybridized carbons (Fsp3) is 0.455. The molecule has 0 spiro atoms. The van der Waals surface area contributed by atoms with Crippen molar-refractivity contribution < 1.29 is 14.2 Å². The van der Waals surface area contributed by atoms with Crippen LogP contribution in [0, 0.1) is 11.3 Å². The maximum Gasteiger partial charge on any atom is 0.231 e. The maximum atomic E-state index is 8.77. The molecule has 0 aliphatic heterocycles. The smallest absolute Gasteiger partial charge is 0.231 e. The Morgan fingerprint density at radius 3 is 2.88 bits per heavy atom. The van der Waals surface area contributed by atoms with Crippen molar-refractivity contribution in [1.82, 2.24) is 4.98 Å². The molecule has 1 aromatic heterocycles. The summed E-state index contributed by atoms with van der Waals surface area (Å²) in [7, 11) is 1.62. The van der Waals surface area contributed by atoms with E-state index in [4.69, 9.17) is 19.5 Å². The van der Waals surface area contributed by atoms with Gasteiger partial charge in [0.05, 0.1) is 19.8 Å². The normalized spacial score (nSPS) is 9.75. The topological polar surface area (TPSA) is 64.4 Å². The predicted octanol–water partition coefficient (Wildman–Crippen LogP) is 0.995. The zero-order valence-electron chi connectivity index (χ0n) is 9.18. The predicted molar refractivity (Wildman–Crippen MR) is 57.1 cm³/mol. The lowest BCUT2D eigenvalue weighted by Gasteiger charge is -2.06. The van der Waals surface area contributed by atoms with E-state index in [1.54, 1.807) is 25.4 Å². The Hall–Kier alpha value is -1.64. The summed E-state index contributed by atoms with van der Waals surface area (Å²) in [5, 5.41) is 8.77. The van der Waals surface area contributed by atoms with Gasteiger partial charge < -0.3 is 14.2 Å². The summed E-state index contributed by atoms with van der Waals surface area (Å²) >= 11 is 0. The SMILES string of the molecule is COCCOCCOc1ncccc1C#N. The molecule has 0 fully saturated rings. The van der Waals surface area contributed by atoms with Gasteiger partial charge >= 0.3 is 0 Å². The number of rotatable bonds is 7. The average Bonchev–Trinajstić information content (AvgIpc) is 2.34. The highest BCUT2D eigenvalue weighted by atomic mass is 16.5. The van der Waals surface area contributed by atoms with Crippen LogP contribution in [-0.4, -0.2) is 38.5 Å². The second kappa shape index (κ2) is 7.63. The van der Waals surface area contributed by atoms with Crippen LogP contribution in [0.3, 0.4) is 0 Å². The lowest BCUT2D eigenvalue weighted by Crippen LogP contribution is -2.11. The van der Waals surface area contributed by atoms with Gasteiger partial charge in [-0.15, -0.1) is 0 Å². The van der Waals surface area contributed by atoms with Crippen LogP contribution < -0.4 is 4.74 Å². The van der Waals surface area contributed by atoms with Gasteiger partial charge in [0.15, 0.2) is 0 Å². The summed E-state index contributed by atoms with van der Waals surface area (Å²) in [6.07, 6.45) is 1.59. The van der Waals surface area contributed by atoms with Crippen molar-refractivity contribution in [1.29, 1.82) is 5.26 Å². The molecule has 0 saturated carbocycles. The van der Waals surface area contributed by atoms with Crippen molar-refractivity contribution in [3.63, 3.8) is 0 Å². The summed E-state index contributed by atoms with van der Waals surface area (Å²) in [6.45, 7) is 1.92. The van der Waals surface area contributed by atoms with E-state index in [2.05, 4.69) is 4.98 Å². The lowest BCUT2D eigenvalue weighted by atomic mass is 10.3. The molecule has 1 rings (SSSR count). The van der Waals surface area contributed by atoms with E-state index in [1.807, 2.05) is 6.07 Å². The van der Waals surface area contributed by atoms with E-state index in [1.165, 1.54) is 0 Å². The summed E-state index contributed by atoms with van der Waals surface area (Å²) < 4.78 is 15.3. The minimum absolute atomic E-state index is 0.348. The van der Waals surface area contributed by atoms with Crippen molar-refractivity contribution in [2.45, 2.75) is 0 Å². The maximum absolute atomic E-state index is 8.77. The molecule has 0 saturated heterocycles. The zero-order chi connectivity index (χ0) is 11.6. The van der Waals surface area contributed by atoms with Crippen molar-refractivity contribution in [2.24, 2.45) is 0 Å². The van der Waals surface area contributed by atoms with Crippen LogP contribution in [0.25, 0.3) is 0 Å². The first-order valence-corrected chi connectivity index (χ1v) is 4.93. The molecule has 0 radical (unpaired) electrons. The summed E-state index contributed by atoms with van der Waals surface area (Å²) in [6, 6.07) is 5.36. The number of nitriles is 1. The van der Waals surface area contributed by atoms with Crippen molar-refractivity contribution in [3.8, 4) is 11.9 Å². The van der Waals surface area contributed by atoms with Gasteiger partial charge in [-0.3, -0.25) is 0 Å². The number of pyridine rings is 1. The molecular weight excluding hydrogens is 208 g/mol. The first-order chi connectivity index (χ1) is 7.88. The molecule has 0 N–H and O–H groups in total. The first kappa shape index (κ1) is 12.4. The van der Waals surface area contributed by atoms with Gasteiger partial charge in [-0.1, -0.05) is 0 Å². The average molecular weight is 222 g/mol. The van der Waals surface area contributed by atoms with E-state index >= 15 is 0 Å². The van der Waals surface area contributed by atoms with E-state index in [9.17, 15) is 0 Å². The first-order valence-electron chi connectivity index (χ1n) is 4.93. The lowest BCUT2D eigenvalue weighted by molar-refractivity contribution is 0.0536. The number of hydrogen-bond acceptors (Lipinski definition) is 5. The Balaban J connectivity index is 2.24. The highest BCUT2D eigenvalue weighted by Gasteiger charge is 2.02. The number of ether oxygens (including phenoxy) is 3. The Morgan fingerprint density at radius 1 is 1.31 bits per heavy atom. The molecule has 0 aliphatic carbocycles. The minimum Gasteiger partial charge on any atom is -0.474 e. The third-order valence-electron chi connectivity index (χ3n) is 1.79. The van der Waals surface area contributed by atoms with E-state index in [-0.39, 0.29) is 0 Å². The second-order valence-electron chi connectivity index (χ2n) is 2.92. The molecule has 0 amide bonds. The second-order valence-corrected chi connectivity index (χ2v) is 2.92. The van der Waals surface area contributed by atoms with Crippen LogP contribution in [0.5, 0.6) is 5.88 Å². The van der Waals surface area contributed by atoms with Gasteiger partial charge in [0.2, 0.25) is 5.88 Å². The van der Waals surface area contributed by atoms with Crippen LogP contribution in [0.1, 0.15) is 5.56 Å². The van der Waals surface area contributed by atoms with Crippen LogP contribution in [0.4, 0.5) is 0 Å². The van der Waals surface area contributed by atoms with E-state index in [0.717, 1.165) is 0 Å². The molecule has 0 atom stereocenters. The Bertz CT molecular complexity index is 349. The minimum atomic E-state index is 0.348. The van der Waals surface area contributed by atoms with Gasteiger partial charge in [0.1, 0.15) is 18.2 Å². The number of nitrogens with zero attached hydrogens (tertiary/aromatic N) is 2. The molecule has 0 unspecified atom stereocenters. The van der Waals surface area contributed by atoms with Gasteiger partial charge in [0, 0.05) is 13.3 Å². The Labute approximate surface area is 94.6 Å². The monoisotopic (exact) mass is 222 g/mol. The third kappa shape index (κ3) is 4.26. The van der Waals surface area contributed by atoms with Crippen molar-refractivity contribution in [3.05, 3.63) is 23.9 Å². The molecule has 0 aliphatic rings. The number of aromatic nitrogens is 1. The van der Waals surface area contributed by atoms with E-state index < -0.39 is 0 Å². The van der Waals surface area contributed by atoms with Crippen LogP contribution in [0.15, 0.2) is 18.3 Å². The fourth-order valence-corrected chi connectivity index (χ4v) is 1.03. The van der Waals surface area contributed by atoms with E-state index in [0.29, 0.717) is 37.9 Å². The third-order valence-corrected chi connectivity index (χ3v) is 1.79. The standard InChI is InChI=1S/C11H14N2O3/c1-14-5-6-15-7-8-16-11-10(9-12)3-2-4-13-11/h2-4H,5-8H2,1H3. The molecule has 5 nitrogen and oxygen atoms in total. The largest absolute Gasteiger partial charge is 0.474 e. The molecule has 1 heterocycles. The van der Waals surface area contributed by atoms with Gasteiger partial charge in [-0.05, 0) is 12.1 Å². The Kier molecular flexibility index (Phi) is 5.92. The van der Waals surface area contributed by atoms with Crippen molar-refractivity contribution >= 4 is 0 Å². The van der Waals surface area contributed by atoms with Gasteiger partial charge in [-0.2, -0.15) is 5.26 Å². The zero-order valence-corrected chi connectivity index (χ0v) is 9.18. The van der Waals surface area contributed by atoms with Crippen LogP contribution in [0.2, 0.25) is 0 Å². The van der Waals surface area contributed by atoms with Crippen LogP contribution >= 0.6 is 0 Å². The number of hydrogen-bond donors (Lipinski definition) is 0. The molecule has 5 heteroatoms. The van der Waals surface area contributed by atoms with Crippen LogP contribution in [-0.2, 0) is 9.47 Å². The molecule has 16 heavy (non-hydrogen) atoms. The fourth-order valence-electron chi connectivity index (χ4n) is 1.03. The molecule has 0 bridgehead atoms. The van der Waals surface area contributed by atoms with Crippen molar-refractivity contribution in [2.75, 3.05) is 33.5 Å². The number of methoxy groups -OCH3 is 1.